The van der Waals surface area contributed by atoms with Gasteiger partial charge in [0.1, 0.15) is 17.2 Å². The smallest absolute Gasteiger partial charge is 0.259 e. The standard InChI is InChI=1S/C28H28N6O3/c1-5-24-31-21-13-18(27(35)29-15-19-16-34-17(2)9-8-12-25(34)30-19)14-22(26(21)33(24)3)32-28(36)20-10-6-7-11-23(20)37-4/h6-14,16H,5,15H2,1-4H3,(H,29,35)(H,32,36). The van der Waals surface area contributed by atoms with E-state index in [1.165, 1.54) is 7.11 Å². The summed E-state index contributed by atoms with van der Waals surface area (Å²) in [5.74, 6) is 0.690. The van der Waals surface area contributed by atoms with Crippen LogP contribution in [0.15, 0.2) is 60.8 Å². The van der Waals surface area contributed by atoms with Gasteiger partial charge >= 0.3 is 0 Å². The molecule has 2 amide bonds. The molecule has 0 aliphatic carbocycles. The fourth-order valence-corrected chi connectivity index (χ4v) is 4.52. The first-order valence-corrected chi connectivity index (χ1v) is 12.0. The molecule has 0 aliphatic rings. The summed E-state index contributed by atoms with van der Waals surface area (Å²) in [5.41, 5.74) is 5.30. The highest BCUT2D eigenvalue weighted by atomic mass is 16.5. The third-order valence-electron chi connectivity index (χ3n) is 6.42. The van der Waals surface area contributed by atoms with E-state index >= 15 is 0 Å². The number of benzene rings is 2. The molecule has 0 radical (unpaired) electrons. The summed E-state index contributed by atoms with van der Waals surface area (Å²) in [7, 11) is 3.42. The Morgan fingerprint density at radius 1 is 1.03 bits per heavy atom. The third kappa shape index (κ3) is 4.51. The number of hydrogen-bond acceptors (Lipinski definition) is 5. The van der Waals surface area contributed by atoms with Gasteiger partial charge in [0.25, 0.3) is 11.8 Å². The summed E-state index contributed by atoms with van der Waals surface area (Å²) in [6.07, 6.45) is 2.62. The summed E-state index contributed by atoms with van der Waals surface area (Å²) in [5, 5.41) is 5.92. The lowest BCUT2D eigenvalue weighted by molar-refractivity contribution is 0.0949. The second kappa shape index (κ2) is 9.77. The van der Waals surface area contributed by atoms with Gasteiger partial charge in [-0.05, 0) is 43.3 Å². The number of carbonyl (C=O) groups is 2. The number of para-hydroxylation sites is 1. The van der Waals surface area contributed by atoms with Gasteiger partial charge < -0.3 is 24.3 Å². The third-order valence-corrected chi connectivity index (χ3v) is 6.42. The molecule has 5 rings (SSSR count). The quantitative estimate of drug-likeness (QED) is 0.350. The number of hydrogen-bond donors (Lipinski definition) is 2. The van der Waals surface area contributed by atoms with E-state index < -0.39 is 0 Å². The van der Waals surface area contributed by atoms with Gasteiger partial charge in [-0.15, -0.1) is 0 Å². The minimum Gasteiger partial charge on any atom is -0.496 e. The summed E-state index contributed by atoms with van der Waals surface area (Å²) < 4.78 is 9.28. The van der Waals surface area contributed by atoms with E-state index in [1.54, 1.807) is 36.4 Å². The van der Waals surface area contributed by atoms with Gasteiger partial charge in [0.05, 0.1) is 41.6 Å². The Labute approximate surface area is 214 Å². The first-order valence-electron chi connectivity index (χ1n) is 12.0. The van der Waals surface area contributed by atoms with Crippen LogP contribution in [0.4, 0.5) is 5.69 Å². The molecular formula is C28H28N6O3. The number of carbonyl (C=O) groups excluding carboxylic acids is 2. The van der Waals surface area contributed by atoms with Crippen LogP contribution in [0.1, 0.15) is 44.9 Å². The Kier molecular flexibility index (Phi) is 6.35. The predicted octanol–water partition coefficient (Wildman–Crippen LogP) is 4.28. The van der Waals surface area contributed by atoms with Gasteiger partial charge in [-0.2, -0.15) is 0 Å². The van der Waals surface area contributed by atoms with Crippen molar-refractivity contribution in [3.05, 3.63) is 89.1 Å². The Balaban J connectivity index is 1.46. The number of rotatable bonds is 7. The number of nitrogens with zero attached hydrogens (tertiary/aromatic N) is 4. The summed E-state index contributed by atoms with van der Waals surface area (Å²) in [6.45, 7) is 4.28. The van der Waals surface area contributed by atoms with Gasteiger partial charge in [0, 0.05) is 30.9 Å². The van der Waals surface area contributed by atoms with Crippen LogP contribution in [0.25, 0.3) is 16.7 Å². The molecule has 9 nitrogen and oxygen atoms in total. The average molecular weight is 497 g/mol. The highest BCUT2D eigenvalue weighted by molar-refractivity contribution is 6.11. The SMILES string of the molecule is CCc1nc2cc(C(=O)NCc3cn4c(C)cccc4n3)cc(NC(=O)c3ccccc3OC)c2n1C. The van der Waals surface area contributed by atoms with Crippen molar-refractivity contribution in [2.75, 3.05) is 12.4 Å². The minimum atomic E-state index is -0.337. The normalized spacial score (nSPS) is 11.1. The zero-order chi connectivity index (χ0) is 26.1. The molecule has 0 spiro atoms. The molecule has 2 aromatic carbocycles. The molecule has 3 aromatic heterocycles. The fourth-order valence-electron chi connectivity index (χ4n) is 4.52. The van der Waals surface area contributed by atoms with E-state index in [4.69, 9.17) is 9.72 Å². The highest BCUT2D eigenvalue weighted by Gasteiger charge is 2.19. The van der Waals surface area contributed by atoms with Crippen LogP contribution in [-0.2, 0) is 20.0 Å². The maximum absolute atomic E-state index is 13.2. The van der Waals surface area contributed by atoms with Crippen molar-refractivity contribution in [2.24, 2.45) is 7.05 Å². The second-order valence-corrected chi connectivity index (χ2v) is 8.80. The monoisotopic (exact) mass is 496 g/mol. The Hall–Kier alpha value is -4.66. The maximum atomic E-state index is 13.2. The van der Waals surface area contributed by atoms with Crippen LogP contribution in [0, 0.1) is 6.92 Å². The van der Waals surface area contributed by atoms with E-state index in [-0.39, 0.29) is 18.4 Å². The average Bonchev–Trinajstić information content (AvgIpc) is 3.48. The molecule has 0 fully saturated rings. The number of aryl methyl sites for hydroxylation is 3. The molecule has 37 heavy (non-hydrogen) atoms. The number of methoxy groups -OCH3 is 1. The lowest BCUT2D eigenvalue weighted by Crippen LogP contribution is -2.23. The van der Waals surface area contributed by atoms with Crippen LogP contribution in [0.5, 0.6) is 5.75 Å². The zero-order valence-corrected chi connectivity index (χ0v) is 21.2. The van der Waals surface area contributed by atoms with Gasteiger partial charge in [-0.3, -0.25) is 9.59 Å². The van der Waals surface area contributed by atoms with Crippen LogP contribution in [0.3, 0.4) is 0 Å². The molecule has 0 bridgehead atoms. The first kappa shape index (κ1) is 24.1. The number of fused-ring (bicyclic) bond motifs is 2. The predicted molar refractivity (Wildman–Crippen MR) is 142 cm³/mol. The van der Waals surface area contributed by atoms with E-state index in [0.717, 1.165) is 28.4 Å². The van der Waals surface area contributed by atoms with Crippen molar-refractivity contribution in [2.45, 2.75) is 26.8 Å². The molecule has 0 aliphatic heterocycles. The summed E-state index contributed by atoms with van der Waals surface area (Å²) >= 11 is 0. The number of anilines is 1. The first-order chi connectivity index (χ1) is 17.9. The highest BCUT2D eigenvalue weighted by Crippen LogP contribution is 2.28. The van der Waals surface area contributed by atoms with E-state index in [1.807, 2.05) is 54.3 Å². The number of amides is 2. The van der Waals surface area contributed by atoms with Crippen LogP contribution in [0.2, 0.25) is 0 Å². The van der Waals surface area contributed by atoms with Crippen molar-refractivity contribution >= 4 is 34.2 Å². The van der Waals surface area contributed by atoms with Crippen LogP contribution < -0.4 is 15.4 Å². The number of nitrogens with one attached hydrogen (secondary N) is 2. The van der Waals surface area contributed by atoms with E-state index in [2.05, 4.69) is 15.6 Å². The fraction of sp³-hybridized carbons (Fsp3) is 0.214. The molecule has 0 atom stereocenters. The lowest BCUT2D eigenvalue weighted by Gasteiger charge is -2.13. The van der Waals surface area contributed by atoms with Gasteiger partial charge in [-0.25, -0.2) is 9.97 Å². The van der Waals surface area contributed by atoms with Crippen LogP contribution >= 0.6 is 0 Å². The van der Waals surface area contributed by atoms with Crippen molar-refractivity contribution in [3.63, 3.8) is 0 Å². The summed E-state index contributed by atoms with van der Waals surface area (Å²) in [6, 6.07) is 16.3. The lowest BCUT2D eigenvalue weighted by atomic mass is 10.1. The van der Waals surface area contributed by atoms with Gasteiger partial charge in [0.15, 0.2) is 0 Å². The van der Waals surface area contributed by atoms with E-state index in [9.17, 15) is 9.59 Å². The Morgan fingerprint density at radius 2 is 1.84 bits per heavy atom. The summed E-state index contributed by atoms with van der Waals surface area (Å²) in [4.78, 5) is 35.7. The zero-order valence-electron chi connectivity index (χ0n) is 21.2. The molecule has 0 saturated heterocycles. The largest absolute Gasteiger partial charge is 0.496 e. The topological polar surface area (TPSA) is 103 Å². The molecule has 3 heterocycles. The molecule has 5 aromatic rings. The van der Waals surface area contributed by atoms with Crippen molar-refractivity contribution in [1.29, 1.82) is 0 Å². The van der Waals surface area contributed by atoms with Crippen molar-refractivity contribution < 1.29 is 14.3 Å². The number of imidazole rings is 2. The molecule has 0 unspecified atom stereocenters. The van der Waals surface area contributed by atoms with Gasteiger partial charge in [-0.1, -0.05) is 25.1 Å². The number of pyridine rings is 1. The van der Waals surface area contributed by atoms with Crippen molar-refractivity contribution in [1.82, 2.24) is 24.3 Å². The Bertz CT molecular complexity index is 1650. The molecule has 9 heteroatoms. The van der Waals surface area contributed by atoms with Gasteiger partial charge in [0.2, 0.25) is 0 Å². The Morgan fingerprint density at radius 3 is 2.59 bits per heavy atom. The van der Waals surface area contributed by atoms with Crippen molar-refractivity contribution in [3.8, 4) is 5.75 Å². The molecular weight excluding hydrogens is 468 g/mol. The molecule has 0 saturated carbocycles. The molecule has 188 valence electrons. The maximum Gasteiger partial charge on any atom is 0.259 e. The minimum absolute atomic E-state index is 0.267. The molecule has 2 N–H and O–H groups in total. The number of aromatic nitrogens is 4. The second-order valence-electron chi connectivity index (χ2n) is 8.80. The van der Waals surface area contributed by atoms with E-state index in [0.29, 0.717) is 34.5 Å². The van der Waals surface area contributed by atoms with Crippen LogP contribution in [-0.4, -0.2) is 37.9 Å². The number of ether oxygens (including phenoxy) is 1.